The summed E-state index contributed by atoms with van der Waals surface area (Å²) in [5.41, 5.74) is 7.03. The number of nitrogens with one attached hydrogen (secondary N) is 3. The summed E-state index contributed by atoms with van der Waals surface area (Å²) < 4.78 is 81.0. The lowest BCUT2D eigenvalue weighted by molar-refractivity contribution is -0.147. The van der Waals surface area contributed by atoms with Gasteiger partial charge in [-0.25, -0.2) is 4.99 Å². The highest BCUT2D eigenvalue weighted by Gasteiger charge is 2.40. The van der Waals surface area contributed by atoms with Crippen molar-refractivity contribution in [3.8, 4) is 0 Å². The van der Waals surface area contributed by atoms with E-state index in [1.807, 2.05) is 0 Å². The maximum Gasteiger partial charge on any atom is 0.389 e. The van der Waals surface area contributed by atoms with E-state index in [2.05, 4.69) is 20.3 Å². The highest BCUT2D eigenvalue weighted by molar-refractivity contribution is 7.98. The van der Waals surface area contributed by atoms with Crippen LogP contribution in [0.1, 0.15) is 43.2 Å². The van der Waals surface area contributed by atoms with E-state index >= 15 is 0 Å². The number of benzene rings is 2. The molecule has 0 spiro atoms. The van der Waals surface area contributed by atoms with Crippen LogP contribution >= 0.6 is 11.9 Å². The summed E-state index contributed by atoms with van der Waals surface area (Å²) in [7, 11) is 0. The average molecular weight is 676 g/mol. The minimum Gasteiger partial charge on any atom is -0.480 e. The number of aliphatic carboxylic acids is 1. The number of alkyl halides is 6. The smallest absolute Gasteiger partial charge is 0.389 e. The molecule has 17 heteroatoms. The molecule has 0 unspecified atom stereocenters. The first-order valence-corrected chi connectivity index (χ1v) is 14.9. The van der Waals surface area contributed by atoms with Crippen LogP contribution in [0.2, 0.25) is 0 Å². The number of anilines is 1. The fourth-order valence-corrected chi connectivity index (χ4v) is 5.34. The van der Waals surface area contributed by atoms with Crippen LogP contribution in [0, 0.1) is 11.8 Å². The fraction of sp³-hybridized carbons (Fsp3) is 0.414. The summed E-state index contributed by atoms with van der Waals surface area (Å²) in [6.07, 6.45) is -16.4. The molecule has 0 bridgehead atoms. The van der Waals surface area contributed by atoms with Crippen LogP contribution in [0.5, 0.6) is 0 Å². The number of carboxylic acids is 1. The lowest BCUT2D eigenvalue weighted by Gasteiger charge is -2.27. The molecule has 3 amide bonds. The quantitative estimate of drug-likeness (QED) is 0.146. The predicted octanol–water partition coefficient (Wildman–Crippen LogP) is 4.40. The first-order valence-electron chi connectivity index (χ1n) is 13.9. The van der Waals surface area contributed by atoms with E-state index in [1.165, 1.54) is 0 Å². The molecule has 1 aliphatic heterocycles. The lowest BCUT2D eigenvalue weighted by Crippen LogP contribution is -2.48. The molecule has 250 valence electrons. The highest BCUT2D eigenvalue weighted by atomic mass is 32.2. The average Bonchev–Trinajstić information content (AvgIpc) is 3.11. The molecular weight excluding hydrogens is 644 g/mol. The van der Waals surface area contributed by atoms with Crippen molar-refractivity contribution < 1.29 is 50.6 Å². The lowest BCUT2D eigenvalue weighted by atomic mass is 9.83. The molecule has 0 aliphatic carbocycles. The molecule has 46 heavy (non-hydrogen) atoms. The van der Waals surface area contributed by atoms with Crippen molar-refractivity contribution in [2.24, 2.45) is 22.6 Å². The van der Waals surface area contributed by atoms with Gasteiger partial charge in [-0.2, -0.15) is 26.3 Å². The van der Waals surface area contributed by atoms with Gasteiger partial charge in [0, 0.05) is 35.6 Å². The van der Waals surface area contributed by atoms with Crippen molar-refractivity contribution in [3.63, 3.8) is 0 Å². The number of amides is 3. The first-order chi connectivity index (χ1) is 21.6. The number of carbonyl (C=O) groups excluding carboxylic acids is 3. The summed E-state index contributed by atoms with van der Waals surface area (Å²) in [6.45, 7) is 0. The van der Waals surface area contributed by atoms with Crippen molar-refractivity contribution in [2.45, 2.75) is 56.7 Å². The Kier molecular flexibility index (Phi) is 12.6. The number of nitrogens with zero attached hydrogens (tertiary/aromatic N) is 1. The van der Waals surface area contributed by atoms with Gasteiger partial charge in [0.05, 0.1) is 17.3 Å². The van der Waals surface area contributed by atoms with Crippen molar-refractivity contribution in [2.75, 3.05) is 11.1 Å². The molecule has 0 radical (unpaired) electrons. The van der Waals surface area contributed by atoms with Gasteiger partial charge in [-0.05, 0) is 37.3 Å². The van der Waals surface area contributed by atoms with Crippen molar-refractivity contribution in [3.05, 3.63) is 65.7 Å². The van der Waals surface area contributed by atoms with Crippen molar-refractivity contribution >= 4 is 47.0 Å². The van der Waals surface area contributed by atoms with Gasteiger partial charge in [0.2, 0.25) is 18.0 Å². The van der Waals surface area contributed by atoms with E-state index in [0.29, 0.717) is 28.8 Å². The molecule has 2 aromatic carbocycles. The second-order valence-electron chi connectivity index (χ2n) is 10.4. The van der Waals surface area contributed by atoms with Crippen LogP contribution in [-0.4, -0.2) is 64.8 Å². The molecule has 0 saturated carbocycles. The van der Waals surface area contributed by atoms with E-state index in [-0.39, 0.29) is 5.71 Å². The summed E-state index contributed by atoms with van der Waals surface area (Å²) in [5.74, 6) is -8.53. The van der Waals surface area contributed by atoms with Gasteiger partial charge in [-0.3, -0.25) is 23.9 Å². The van der Waals surface area contributed by atoms with Gasteiger partial charge in [-0.15, -0.1) is 0 Å². The van der Waals surface area contributed by atoms with Gasteiger partial charge in [0.15, 0.2) is 0 Å². The number of rotatable bonds is 14. The maximum absolute atomic E-state index is 13.7. The number of carbonyl (C=O) groups is 4. The molecular formula is C29H31F6N5O5S. The maximum atomic E-state index is 13.7. The molecule has 0 aromatic heterocycles. The monoisotopic (exact) mass is 675 g/mol. The largest absolute Gasteiger partial charge is 0.480 e. The van der Waals surface area contributed by atoms with E-state index in [0.717, 1.165) is 0 Å². The number of nitrogens with two attached hydrogens (primary N) is 1. The van der Waals surface area contributed by atoms with Gasteiger partial charge < -0.3 is 21.5 Å². The predicted molar refractivity (Wildman–Crippen MR) is 157 cm³/mol. The van der Waals surface area contributed by atoms with Gasteiger partial charge in [0.1, 0.15) is 6.04 Å². The number of aliphatic imine (C=N–C) groups is 1. The summed E-state index contributed by atoms with van der Waals surface area (Å²) in [4.78, 5) is 55.4. The zero-order valence-corrected chi connectivity index (χ0v) is 24.8. The third-order valence-electron chi connectivity index (χ3n) is 6.90. The highest BCUT2D eigenvalue weighted by Crippen LogP contribution is 2.33. The molecule has 1 aliphatic rings. The minimum absolute atomic E-state index is 0.269. The van der Waals surface area contributed by atoms with E-state index < -0.39 is 97.9 Å². The Hall–Kier alpha value is -4.12. The number of fused-ring (bicyclic) bond motifs is 1. The van der Waals surface area contributed by atoms with Crippen LogP contribution in [0.3, 0.4) is 0 Å². The standard InChI is InChI=1S/C29H31F6N5O5S/c30-28(31,32)13-6-10-17(18(12-14-29(33,34)35)25(42)40-46-15-20(36)27(44)45)24(41)39-23-26(43)37-21-11-5-4-9-19(21)22(38-23)16-7-2-1-3-8-16/h1-5,7-9,11,17-18,20,23H,6,10,12-15,36H2,(H,37,43)(H,39,41)(H,40,42)(H,44,45)/t17-,18+,20+,23-/m1/s1. The van der Waals surface area contributed by atoms with Crippen molar-refractivity contribution in [1.82, 2.24) is 10.0 Å². The molecule has 2 aromatic rings. The Labute approximate surface area is 263 Å². The van der Waals surface area contributed by atoms with Crippen LogP contribution < -0.4 is 21.1 Å². The topological polar surface area (TPSA) is 163 Å². The molecule has 3 rings (SSSR count). The van der Waals surface area contributed by atoms with Gasteiger partial charge in [-0.1, -0.05) is 48.5 Å². The van der Waals surface area contributed by atoms with Crippen LogP contribution in [0.25, 0.3) is 0 Å². The molecule has 1 heterocycles. The summed E-state index contributed by atoms with van der Waals surface area (Å²) in [5, 5.41) is 13.9. The van der Waals surface area contributed by atoms with E-state index in [1.54, 1.807) is 54.6 Å². The van der Waals surface area contributed by atoms with Crippen molar-refractivity contribution in [1.29, 1.82) is 0 Å². The molecule has 0 fully saturated rings. The number of carboxylic acid groups (broad SMARTS) is 1. The van der Waals surface area contributed by atoms with Crippen LogP contribution in [-0.2, 0) is 19.2 Å². The second-order valence-corrected chi connectivity index (χ2v) is 11.2. The molecule has 4 atom stereocenters. The third kappa shape index (κ3) is 11.0. The SMILES string of the molecule is N[C@@H](CSNC(=O)[C@@H](CCC(F)(F)F)[C@@H](CCCC(F)(F)F)C(=O)N[C@H]1N=C(c2ccccc2)c2ccccc2NC1=O)C(=O)O. The Morgan fingerprint density at radius 2 is 1.52 bits per heavy atom. The number of halogens is 6. The zero-order chi connectivity index (χ0) is 34.1. The Balaban J connectivity index is 1.96. The van der Waals surface area contributed by atoms with Gasteiger partial charge >= 0.3 is 18.3 Å². The second kappa shape index (κ2) is 15.9. The Bertz CT molecular complexity index is 1420. The minimum atomic E-state index is -4.79. The summed E-state index contributed by atoms with van der Waals surface area (Å²) >= 11 is 0.462. The molecule has 0 saturated heterocycles. The van der Waals surface area contributed by atoms with Gasteiger partial charge in [0.25, 0.3) is 5.91 Å². The number of hydrogen-bond acceptors (Lipinski definition) is 7. The Morgan fingerprint density at radius 3 is 2.15 bits per heavy atom. The fourth-order valence-electron chi connectivity index (χ4n) is 4.64. The normalized spacial score (nSPS) is 17.0. The number of para-hydroxylation sites is 1. The zero-order valence-electron chi connectivity index (χ0n) is 24.0. The molecule has 10 nitrogen and oxygen atoms in total. The summed E-state index contributed by atoms with van der Waals surface area (Å²) in [6, 6.07) is 13.7. The van der Waals surface area contributed by atoms with E-state index in [4.69, 9.17) is 10.8 Å². The number of hydrogen-bond donors (Lipinski definition) is 5. The third-order valence-corrected chi connectivity index (χ3v) is 7.77. The first kappa shape index (κ1) is 36.3. The van der Waals surface area contributed by atoms with Crippen LogP contribution in [0.4, 0.5) is 32.0 Å². The van der Waals surface area contributed by atoms with E-state index in [9.17, 15) is 45.5 Å². The Morgan fingerprint density at radius 1 is 0.913 bits per heavy atom. The molecule has 6 N–H and O–H groups in total. The van der Waals surface area contributed by atoms with Crippen LogP contribution in [0.15, 0.2) is 59.6 Å². The number of benzodiazepines with no additional fused rings is 1.